The topological polar surface area (TPSA) is 47.3 Å². The summed E-state index contributed by atoms with van der Waals surface area (Å²) in [5.74, 6) is 0.862. The van der Waals surface area contributed by atoms with E-state index in [0.717, 1.165) is 12.2 Å². The van der Waals surface area contributed by atoms with E-state index in [1.54, 1.807) is 6.20 Å². The number of hydrogen-bond acceptors (Lipinski definition) is 4. The van der Waals surface area contributed by atoms with E-state index < -0.39 is 0 Å². The van der Waals surface area contributed by atoms with Crippen LogP contribution in [0.25, 0.3) is 0 Å². The Labute approximate surface area is 96.3 Å². The van der Waals surface area contributed by atoms with E-state index >= 15 is 0 Å². The summed E-state index contributed by atoms with van der Waals surface area (Å²) in [6.45, 7) is 9.21. The molecule has 1 aliphatic rings. The Kier molecular flexibility index (Phi) is 2.80. The van der Waals surface area contributed by atoms with Gasteiger partial charge in [-0.1, -0.05) is 5.16 Å². The molecule has 90 valence electrons. The normalized spacial score (nSPS) is 27.1. The predicted octanol–water partition coefficient (Wildman–Crippen LogP) is 2.11. The van der Waals surface area contributed by atoms with Gasteiger partial charge in [0.25, 0.3) is 0 Å². The second kappa shape index (κ2) is 3.86. The van der Waals surface area contributed by atoms with E-state index in [1.807, 2.05) is 6.07 Å². The molecule has 0 saturated carbocycles. The predicted molar refractivity (Wildman–Crippen MR) is 61.0 cm³/mol. The van der Waals surface area contributed by atoms with E-state index in [9.17, 15) is 0 Å². The highest BCUT2D eigenvalue weighted by Crippen LogP contribution is 2.37. The SMILES string of the molecule is CC1(C)CC(NCc2ccno2)C(C)(C)O1. The maximum Gasteiger partial charge on any atom is 0.150 e. The molecule has 1 aromatic rings. The highest BCUT2D eigenvalue weighted by molar-refractivity contribution is 5.01. The number of nitrogens with zero attached hydrogens (tertiary/aromatic N) is 1. The highest BCUT2D eigenvalue weighted by Gasteiger charge is 2.45. The maximum absolute atomic E-state index is 6.01. The molecule has 1 aromatic heterocycles. The van der Waals surface area contributed by atoms with Crippen LogP contribution in [0, 0.1) is 0 Å². The number of hydrogen-bond donors (Lipinski definition) is 1. The Morgan fingerprint density at radius 2 is 2.19 bits per heavy atom. The summed E-state index contributed by atoms with van der Waals surface area (Å²) in [6, 6.07) is 2.22. The third-order valence-corrected chi connectivity index (χ3v) is 3.09. The van der Waals surface area contributed by atoms with Gasteiger partial charge in [0.2, 0.25) is 0 Å². The third-order valence-electron chi connectivity index (χ3n) is 3.09. The zero-order valence-corrected chi connectivity index (χ0v) is 10.4. The van der Waals surface area contributed by atoms with Crippen LogP contribution in [-0.4, -0.2) is 22.4 Å². The Hall–Kier alpha value is -0.870. The second-order valence-electron chi connectivity index (χ2n) is 5.58. The Morgan fingerprint density at radius 1 is 1.44 bits per heavy atom. The molecule has 1 N–H and O–H groups in total. The summed E-state index contributed by atoms with van der Waals surface area (Å²) in [7, 11) is 0. The third kappa shape index (κ3) is 2.44. The van der Waals surface area contributed by atoms with Crippen molar-refractivity contribution in [1.29, 1.82) is 0 Å². The monoisotopic (exact) mass is 224 g/mol. The molecule has 1 unspecified atom stereocenters. The average Bonchev–Trinajstić information content (AvgIpc) is 2.67. The molecule has 1 fully saturated rings. The van der Waals surface area contributed by atoms with Crippen LogP contribution in [0.3, 0.4) is 0 Å². The Balaban J connectivity index is 1.95. The van der Waals surface area contributed by atoms with Crippen molar-refractivity contribution in [2.45, 2.75) is 57.9 Å². The second-order valence-corrected chi connectivity index (χ2v) is 5.58. The summed E-state index contributed by atoms with van der Waals surface area (Å²) in [6.07, 6.45) is 2.67. The van der Waals surface area contributed by atoms with Gasteiger partial charge in [-0.3, -0.25) is 0 Å². The van der Waals surface area contributed by atoms with Crippen molar-refractivity contribution in [3.05, 3.63) is 18.0 Å². The first-order valence-corrected chi connectivity index (χ1v) is 5.72. The summed E-state index contributed by atoms with van der Waals surface area (Å²) in [4.78, 5) is 0. The lowest BCUT2D eigenvalue weighted by molar-refractivity contribution is -0.0699. The molecular weight excluding hydrogens is 204 g/mol. The fourth-order valence-electron chi connectivity index (χ4n) is 2.44. The first-order valence-electron chi connectivity index (χ1n) is 5.72. The van der Waals surface area contributed by atoms with Crippen LogP contribution in [0.2, 0.25) is 0 Å². The van der Waals surface area contributed by atoms with Crippen LogP contribution < -0.4 is 5.32 Å². The van der Waals surface area contributed by atoms with Crippen LogP contribution in [0.15, 0.2) is 16.8 Å². The molecule has 2 heterocycles. The molecule has 2 rings (SSSR count). The summed E-state index contributed by atoms with van der Waals surface area (Å²) < 4.78 is 11.1. The summed E-state index contributed by atoms with van der Waals surface area (Å²) >= 11 is 0. The maximum atomic E-state index is 6.01. The zero-order chi connectivity index (χ0) is 11.8. The molecule has 0 amide bonds. The number of nitrogens with one attached hydrogen (secondary N) is 1. The van der Waals surface area contributed by atoms with Crippen molar-refractivity contribution in [3.8, 4) is 0 Å². The smallest absolute Gasteiger partial charge is 0.150 e. The first-order chi connectivity index (χ1) is 7.39. The van der Waals surface area contributed by atoms with Gasteiger partial charge in [0.1, 0.15) is 5.76 Å². The number of aromatic nitrogens is 1. The lowest BCUT2D eigenvalue weighted by Gasteiger charge is -2.27. The highest BCUT2D eigenvalue weighted by atomic mass is 16.5. The van der Waals surface area contributed by atoms with Crippen molar-refractivity contribution >= 4 is 0 Å². The molecule has 4 nitrogen and oxygen atoms in total. The van der Waals surface area contributed by atoms with Crippen molar-refractivity contribution in [2.24, 2.45) is 0 Å². The van der Waals surface area contributed by atoms with Gasteiger partial charge in [-0.15, -0.1) is 0 Å². The van der Waals surface area contributed by atoms with E-state index in [0.29, 0.717) is 12.6 Å². The number of rotatable bonds is 3. The van der Waals surface area contributed by atoms with E-state index in [4.69, 9.17) is 9.26 Å². The van der Waals surface area contributed by atoms with Crippen LogP contribution >= 0.6 is 0 Å². The summed E-state index contributed by atoms with van der Waals surface area (Å²) in [5, 5.41) is 7.16. The number of ether oxygens (including phenoxy) is 1. The fourth-order valence-corrected chi connectivity index (χ4v) is 2.44. The molecule has 4 heteroatoms. The molecular formula is C12H20N2O2. The lowest BCUT2D eigenvalue weighted by Crippen LogP contribution is -2.42. The average molecular weight is 224 g/mol. The Morgan fingerprint density at radius 3 is 2.69 bits per heavy atom. The minimum atomic E-state index is -0.135. The molecule has 0 aliphatic carbocycles. The fraction of sp³-hybridized carbons (Fsp3) is 0.750. The standard InChI is InChI=1S/C12H20N2O2/c1-11(2)7-10(12(3,4)16-11)13-8-9-5-6-14-15-9/h5-6,10,13H,7-8H2,1-4H3. The van der Waals surface area contributed by atoms with Gasteiger partial charge in [-0.25, -0.2) is 0 Å². The van der Waals surface area contributed by atoms with E-state index in [-0.39, 0.29) is 11.2 Å². The van der Waals surface area contributed by atoms with Gasteiger partial charge >= 0.3 is 0 Å². The molecule has 1 saturated heterocycles. The van der Waals surface area contributed by atoms with E-state index in [2.05, 4.69) is 38.2 Å². The molecule has 0 bridgehead atoms. The quantitative estimate of drug-likeness (QED) is 0.854. The van der Waals surface area contributed by atoms with Gasteiger partial charge in [0, 0.05) is 12.1 Å². The minimum absolute atomic E-state index is 0.0530. The van der Waals surface area contributed by atoms with Crippen LogP contribution in [0.1, 0.15) is 39.9 Å². The molecule has 0 radical (unpaired) electrons. The minimum Gasteiger partial charge on any atom is -0.368 e. The zero-order valence-electron chi connectivity index (χ0n) is 10.4. The summed E-state index contributed by atoms with van der Waals surface area (Å²) in [5.41, 5.74) is -0.188. The van der Waals surface area contributed by atoms with Crippen LogP contribution in [0.5, 0.6) is 0 Å². The Bertz CT molecular complexity index is 344. The van der Waals surface area contributed by atoms with Crippen molar-refractivity contribution in [1.82, 2.24) is 10.5 Å². The van der Waals surface area contributed by atoms with Gasteiger partial charge in [0.15, 0.2) is 0 Å². The lowest BCUT2D eigenvalue weighted by atomic mass is 9.94. The van der Waals surface area contributed by atoms with Gasteiger partial charge < -0.3 is 14.6 Å². The van der Waals surface area contributed by atoms with Gasteiger partial charge in [0.05, 0.1) is 23.9 Å². The molecule has 16 heavy (non-hydrogen) atoms. The molecule has 1 atom stereocenters. The largest absolute Gasteiger partial charge is 0.368 e. The van der Waals surface area contributed by atoms with E-state index in [1.165, 1.54) is 0 Å². The van der Waals surface area contributed by atoms with Gasteiger partial charge in [-0.05, 0) is 34.1 Å². The molecule has 0 aromatic carbocycles. The van der Waals surface area contributed by atoms with Crippen LogP contribution in [0.4, 0.5) is 0 Å². The van der Waals surface area contributed by atoms with Crippen LogP contribution in [-0.2, 0) is 11.3 Å². The van der Waals surface area contributed by atoms with Crippen molar-refractivity contribution in [3.63, 3.8) is 0 Å². The van der Waals surface area contributed by atoms with Crippen molar-refractivity contribution in [2.75, 3.05) is 0 Å². The van der Waals surface area contributed by atoms with Crippen molar-refractivity contribution < 1.29 is 9.26 Å². The molecule has 1 aliphatic heterocycles. The van der Waals surface area contributed by atoms with Gasteiger partial charge in [-0.2, -0.15) is 0 Å². The first kappa shape index (κ1) is 11.6. The molecule has 0 spiro atoms.